The Bertz CT molecular complexity index is 1930. The molecule has 1 N–H and O–H groups in total. The van der Waals surface area contributed by atoms with Crippen molar-refractivity contribution in [2.45, 2.75) is 0 Å². The fourth-order valence-electron chi connectivity index (χ4n) is 4.59. The highest BCUT2D eigenvalue weighted by atomic mass is 32.1. The number of thiazole rings is 1. The molecule has 208 valence electrons. The van der Waals surface area contributed by atoms with Gasteiger partial charge in [-0.25, -0.2) is 14.8 Å². The maximum absolute atomic E-state index is 13.3. The molecule has 0 aliphatic rings. The topological polar surface area (TPSA) is 99.6 Å². The number of fused-ring (bicyclic) bond motifs is 2. The van der Waals surface area contributed by atoms with Crippen molar-refractivity contribution >= 4 is 50.0 Å². The van der Waals surface area contributed by atoms with Crippen LogP contribution in [-0.4, -0.2) is 42.7 Å². The van der Waals surface area contributed by atoms with Crippen molar-refractivity contribution in [3.63, 3.8) is 0 Å². The van der Waals surface area contributed by atoms with E-state index in [2.05, 4.69) is 10.3 Å². The Hall–Kier alpha value is -5.28. The summed E-state index contributed by atoms with van der Waals surface area (Å²) in [4.78, 5) is 35.2. The standard InChI is InChI=1S/C33H25N3O5S/c1-39-24-12-9-20(10-13-24)30-19-42-33(35-30)36-31(37)18-41-32(38)27-17-29(34-28-6-4-3-5-26(27)28)23-8-7-22-16-25(40-2)14-11-21(22)15-23/h3-17,19H,18H2,1-2H3,(H,35,36,37). The minimum atomic E-state index is -0.617. The SMILES string of the molecule is COc1ccc(-c2csc(NC(=O)COC(=O)c3cc(-c4ccc5cc(OC)ccc5c4)nc4ccccc34)n2)cc1. The van der Waals surface area contributed by atoms with Gasteiger partial charge in [-0.1, -0.05) is 36.4 Å². The second kappa shape index (κ2) is 11.7. The van der Waals surface area contributed by atoms with Crippen LogP contribution in [-0.2, 0) is 9.53 Å². The number of rotatable bonds is 8. The number of benzene rings is 4. The summed E-state index contributed by atoms with van der Waals surface area (Å²) in [6, 6.07) is 28.3. The van der Waals surface area contributed by atoms with Gasteiger partial charge in [0.2, 0.25) is 0 Å². The lowest BCUT2D eigenvalue weighted by Crippen LogP contribution is -2.21. The van der Waals surface area contributed by atoms with Gasteiger partial charge in [0.1, 0.15) is 11.5 Å². The van der Waals surface area contributed by atoms with Gasteiger partial charge >= 0.3 is 5.97 Å². The fraction of sp³-hybridized carbons (Fsp3) is 0.0909. The van der Waals surface area contributed by atoms with Crippen molar-refractivity contribution < 1.29 is 23.8 Å². The smallest absolute Gasteiger partial charge is 0.339 e. The van der Waals surface area contributed by atoms with Gasteiger partial charge in [0, 0.05) is 21.9 Å². The van der Waals surface area contributed by atoms with Crippen molar-refractivity contribution in [3.05, 3.63) is 102 Å². The van der Waals surface area contributed by atoms with Gasteiger partial charge < -0.3 is 14.2 Å². The minimum absolute atomic E-state index is 0.328. The summed E-state index contributed by atoms with van der Waals surface area (Å²) < 4.78 is 16.0. The number of ether oxygens (including phenoxy) is 3. The predicted molar refractivity (Wildman–Crippen MR) is 164 cm³/mol. The lowest BCUT2D eigenvalue weighted by atomic mass is 10.0. The zero-order valence-corrected chi connectivity index (χ0v) is 23.6. The number of amides is 1. The Kier molecular flexibility index (Phi) is 7.49. The van der Waals surface area contributed by atoms with E-state index in [1.54, 1.807) is 20.3 Å². The van der Waals surface area contributed by atoms with Crippen molar-refractivity contribution in [1.82, 2.24) is 9.97 Å². The van der Waals surface area contributed by atoms with Gasteiger partial charge in [0.15, 0.2) is 11.7 Å². The van der Waals surface area contributed by atoms with Crippen LogP contribution in [0.15, 0.2) is 96.4 Å². The van der Waals surface area contributed by atoms with Crippen LogP contribution in [0.3, 0.4) is 0 Å². The maximum Gasteiger partial charge on any atom is 0.339 e. The quantitative estimate of drug-likeness (QED) is 0.195. The average molecular weight is 576 g/mol. The van der Waals surface area contributed by atoms with Crippen molar-refractivity contribution in [1.29, 1.82) is 0 Å². The molecule has 4 aromatic carbocycles. The van der Waals surface area contributed by atoms with E-state index in [0.29, 0.717) is 27.3 Å². The molecular weight excluding hydrogens is 550 g/mol. The molecule has 0 radical (unpaired) electrons. The molecule has 0 spiro atoms. The van der Waals surface area contributed by atoms with Crippen LogP contribution in [0.4, 0.5) is 5.13 Å². The molecule has 6 aromatic rings. The van der Waals surface area contributed by atoms with Crippen LogP contribution in [0.1, 0.15) is 10.4 Å². The van der Waals surface area contributed by atoms with Crippen LogP contribution < -0.4 is 14.8 Å². The first-order chi connectivity index (χ1) is 20.5. The van der Waals surface area contributed by atoms with Crippen LogP contribution in [0.5, 0.6) is 11.5 Å². The van der Waals surface area contributed by atoms with Gasteiger partial charge in [0.25, 0.3) is 5.91 Å². The molecular formula is C33H25N3O5S. The van der Waals surface area contributed by atoms with Crippen molar-refractivity contribution in [2.24, 2.45) is 0 Å². The van der Waals surface area contributed by atoms with Gasteiger partial charge in [-0.3, -0.25) is 10.1 Å². The van der Waals surface area contributed by atoms with E-state index in [0.717, 1.165) is 39.1 Å². The first-order valence-corrected chi connectivity index (χ1v) is 13.9. The van der Waals surface area contributed by atoms with E-state index in [4.69, 9.17) is 19.2 Å². The lowest BCUT2D eigenvalue weighted by Gasteiger charge is -2.11. The molecule has 0 fully saturated rings. The van der Waals surface area contributed by atoms with Gasteiger partial charge in [-0.15, -0.1) is 11.3 Å². The fourth-order valence-corrected chi connectivity index (χ4v) is 5.33. The van der Waals surface area contributed by atoms with Crippen LogP contribution in [0.2, 0.25) is 0 Å². The number of para-hydroxylation sites is 1. The maximum atomic E-state index is 13.3. The molecule has 6 rings (SSSR count). The number of aromatic nitrogens is 2. The molecule has 0 aliphatic carbocycles. The molecule has 0 unspecified atom stereocenters. The second-order valence-corrected chi connectivity index (χ2v) is 10.2. The molecule has 8 nitrogen and oxygen atoms in total. The highest BCUT2D eigenvalue weighted by Crippen LogP contribution is 2.30. The largest absolute Gasteiger partial charge is 0.497 e. The number of pyridine rings is 1. The van der Waals surface area contributed by atoms with Crippen LogP contribution in [0, 0.1) is 0 Å². The third-order valence-corrected chi connectivity index (χ3v) is 7.51. The van der Waals surface area contributed by atoms with Crippen molar-refractivity contribution in [3.8, 4) is 34.0 Å². The number of hydrogen-bond acceptors (Lipinski definition) is 8. The number of hydrogen-bond donors (Lipinski definition) is 1. The van der Waals surface area contributed by atoms with E-state index in [1.165, 1.54) is 11.3 Å². The Labute approximate surface area is 245 Å². The van der Waals surface area contributed by atoms with Crippen LogP contribution in [0.25, 0.3) is 44.2 Å². The zero-order valence-electron chi connectivity index (χ0n) is 22.8. The number of methoxy groups -OCH3 is 2. The average Bonchev–Trinajstić information content (AvgIpc) is 3.50. The number of anilines is 1. The Balaban J connectivity index is 1.19. The number of carbonyl (C=O) groups excluding carboxylic acids is 2. The first-order valence-electron chi connectivity index (χ1n) is 13.1. The summed E-state index contributed by atoms with van der Waals surface area (Å²) in [6.07, 6.45) is 0. The number of carbonyl (C=O) groups is 2. The lowest BCUT2D eigenvalue weighted by molar-refractivity contribution is -0.119. The van der Waals surface area contributed by atoms with E-state index < -0.39 is 18.5 Å². The van der Waals surface area contributed by atoms with E-state index >= 15 is 0 Å². The summed E-state index contributed by atoms with van der Waals surface area (Å²) in [7, 11) is 3.24. The van der Waals surface area contributed by atoms with E-state index in [1.807, 2.05) is 90.3 Å². The minimum Gasteiger partial charge on any atom is -0.497 e. The molecule has 0 saturated carbocycles. The number of nitrogens with one attached hydrogen (secondary N) is 1. The van der Waals surface area contributed by atoms with Crippen molar-refractivity contribution in [2.75, 3.05) is 26.1 Å². The zero-order chi connectivity index (χ0) is 29.1. The second-order valence-electron chi connectivity index (χ2n) is 9.39. The Morgan fingerprint density at radius 1 is 0.762 bits per heavy atom. The third-order valence-electron chi connectivity index (χ3n) is 6.75. The molecule has 2 heterocycles. The highest BCUT2D eigenvalue weighted by molar-refractivity contribution is 7.14. The third kappa shape index (κ3) is 5.63. The number of esters is 1. The highest BCUT2D eigenvalue weighted by Gasteiger charge is 2.18. The van der Waals surface area contributed by atoms with Gasteiger partial charge in [-0.05, 0) is 65.4 Å². The molecule has 1 amide bonds. The summed E-state index contributed by atoms with van der Waals surface area (Å²) in [5, 5.41) is 7.64. The van der Waals surface area contributed by atoms with Gasteiger partial charge in [0.05, 0.1) is 36.7 Å². The summed E-state index contributed by atoms with van der Waals surface area (Å²) in [5.74, 6) is 0.425. The summed E-state index contributed by atoms with van der Waals surface area (Å²) >= 11 is 1.29. The Morgan fingerprint density at radius 3 is 2.29 bits per heavy atom. The molecule has 0 aliphatic heterocycles. The predicted octanol–water partition coefficient (Wildman–Crippen LogP) is 6.99. The van der Waals surface area contributed by atoms with E-state index in [9.17, 15) is 9.59 Å². The Morgan fingerprint density at radius 2 is 1.48 bits per heavy atom. The van der Waals surface area contributed by atoms with Crippen LogP contribution >= 0.6 is 11.3 Å². The van der Waals surface area contributed by atoms with E-state index in [-0.39, 0.29) is 0 Å². The summed E-state index contributed by atoms with van der Waals surface area (Å²) in [5.41, 5.74) is 4.06. The molecule has 0 saturated heterocycles. The molecule has 0 atom stereocenters. The molecule has 42 heavy (non-hydrogen) atoms. The molecule has 9 heteroatoms. The van der Waals surface area contributed by atoms with Gasteiger partial charge in [-0.2, -0.15) is 0 Å². The molecule has 2 aromatic heterocycles. The first kappa shape index (κ1) is 26.9. The monoisotopic (exact) mass is 575 g/mol. The normalized spacial score (nSPS) is 10.9. The molecule has 0 bridgehead atoms. The summed E-state index contributed by atoms with van der Waals surface area (Å²) in [6.45, 7) is -0.458. The number of nitrogens with zero attached hydrogens (tertiary/aromatic N) is 2.